The molecule has 3 aromatic rings. The Morgan fingerprint density at radius 3 is 2.96 bits per heavy atom. The van der Waals surface area contributed by atoms with Crippen LogP contribution < -0.4 is 4.74 Å². The second-order valence-electron chi connectivity index (χ2n) is 7.30. The van der Waals surface area contributed by atoms with Gasteiger partial charge in [0.25, 0.3) is 0 Å². The van der Waals surface area contributed by atoms with E-state index in [-0.39, 0.29) is 11.8 Å². The number of nitrogens with zero attached hydrogens (tertiary/aromatic N) is 2. The fourth-order valence-corrected chi connectivity index (χ4v) is 3.85. The summed E-state index contributed by atoms with van der Waals surface area (Å²) in [5, 5.41) is 0. The number of piperidine rings is 1. The van der Waals surface area contributed by atoms with Crippen molar-refractivity contribution in [3.8, 4) is 5.75 Å². The molecule has 4 rings (SSSR count). The maximum Gasteiger partial charge on any atom is 0.227 e. The molecule has 5 heteroatoms. The minimum absolute atomic E-state index is 0.168. The Balaban J connectivity index is 1.46. The van der Waals surface area contributed by atoms with Crippen LogP contribution in [0.25, 0.3) is 11.0 Å². The van der Waals surface area contributed by atoms with Crippen LogP contribution in [0.5, 0.6) is 5.75 Å². The summed E-state index contributed by atoms with van der Waals surface area (Å²) in [7, 11) is 1.66. The summed E-state index contributed by atoms with van der Waals surface area (Å²) in [5.41, 5.74) is 4.12. The highest BCUT2D eigenvalue weighted by Crippen LogP contribution is 2.27. The number of aromatic amines is 1. The predicted molar refractivity (Wildman–Crippen MR) is 106 cm³/mol. The van der Waals surface area contributed by atoms with E-state index in [1.54, 1.807) is 7.11 Å². The highest BCUT2D eigenvalue weighted by Gasteiger charge is 2.26. The summed E-state index contributed by atoms with van der Waals surface area (Å²) in [6, 6.07) is 14.1. The smallest absolute Gasteiger partial charge is 0.227 e. The number of amides is 1. The molecule has 1 aliphatic heterocycles. The molecule has 1 N–H and O–H groups in total. The van der Waals surface area contributed by atoms with E-state index in [9.17, 15) is 4.79 Å². The summed E-state index contributed by atoms with van der Waals surface area (Å²) >= 11 is 0. The van der Waals surface area contributed by atoms with Crippen LogP contribution in [0.1, 0.15) is 35.7 Å². The van der Waals surface area contributed by atoms with Crippen LogP contribution in [0, 0.1) is 6.92 Å². The van der Waals surface area contributed by atoms with Crippen LogP contribution >= 0.6 is 0 Å². The lowest BCUT2D eigenvalue weighted by Crippen LogP contribution is -2.40. The van der Waals surface area contributed by atoms with Crippen molar-refractivity contribution in [2.24, 2.45) is 0 Å². The van der Waals surface area contributed by atoms with Gasteiger partial charge in [0.2, 0.25) is 5.91 Å². The lowest BCUT2D eigenvalue weighted by Gasteiger charge is -2.32. The number of likely N-dealkylation sites (tertiary alicyclic amines) is 1. The average molecular weight is 363 g/mol. The lowest BCUT2D eigenvalue weighted by atomic mass is 9.96. The van der Waals surface area contributed by atoms with Gasteiger partial charge in [-0.05, 0) is 49.1 Å². The van der Waals surface area contributed by atoms with Crippen molar-refractivity contribution in [3.05, 3.63) is 59.4 Å². The van der Waals surface area contributed by atoms with Gasteiger partial charge < -0.3 is 14.6 Å². The Morgan fingerprint density at radius 2 is 2.15 bits per heavy atom. The maximum atomic E-state index is 12.9. The molecule has 2 heterocycles. The summed E-state index contributed by atoms with van der Waals surface area (Å²) in [5.74, 6) is 2.26. The van der Waals surface area contributed by atoms with Crippen molar-refractivity contribution in [2.75, 3.05) is 20.2 Å². The third-order valence-electron chi connectivity index (χ3n) is 5.40. The Kier molecular flexibility index (Phi) is 4.84. The third kappa shape index (κ3) is 3.68. The number of ether oxygens (including phenoxy) is 1. The summed E-state index contributed by atoms with van der Waals surface area (Å²) in [4.78, 5) is 23.0. The van der Waals surface area contributed by atoms with Crippen LogP contribution in [0.15, 0.2) is 42.5 Å². The van der Waals surface area contributed by atoms with Crippen LogP contribution in [-0.2, 0) is 11.2 Å². The molecule has 140 valence electrons. The number of fused-ring (bicyclic) bond motifs is 1. The second-order valence-corrected chi connectivity index (χ2v) is 7.30. The number of carbonyl (C=O) groups excluding carboxylic acids is 1. The fourth-order valence-electron chi connectivity index (χ4n) is 3.85. The fraction of sp³-hybridized carbons (Fsp3) is 0.364. The van der Waals surface area contributed by atoms with Crippen molar-refractivity contribution in [1.82, 2.24) is 14.9 Å². The Bertz CT molecular complexity index is 930. The van der Waals surface area contributed by atoms with Crippen molar-refractivity contribution in [3.63, 3.8) is 0 Å². The average Bonchev–Trinajstić information content (AvgIpc) is 3.14. The van der Waals surface area contributed by atoms with Crippen molar-refractivity contribution < 1.29 is 9.53 Å². The van der Waals surface area contributed by atoms with Gasteiger partial charge in [-0.2, -0.15) is 0 Å². The van der Waals surface area contributed by atoms with E-state index in [0.717, 1.165) is 59.7 Å². The number of nitrogens with one attached hydrogen (secondary N) is 1. The van der Waals surface area contributed by atoms with Crippen molar-refractivity contribution >= 4 is 16.9 Å². The number of benzene rings is 2. The molecule has 1 aliphatic rings. The third-order valence-corrected chi connectivity index (χ3v) is 5.40. The van der Waals surface area contributed by atoms with E-state index in [2.05, 4.69) is 4.98 Å². The molecule has 5 nitrogen and oxygen atoms in total. The van der Waals surface area contributed by atoms with Gasteiger partial charge in [0.1, 0.15) is 11.6 Å². The zero-order valence-electron chi connectivity index (χ0n) is 15.9. The first-order chi connectivity index (χ1) is 13.1. The van der Waals surface area contributed by atoms with Gasteiger partial charge in [0.15, 0.2) is 0 Å². The number of imidazole rings is 1. The topological polar surface area (TPSA) is 58.2 Å². The molecule has 1 saturated heterocycles. The quantitative estimate of drug-likeness (QED) is 0.766. The monoisotopic (exact) mass is 363 g/mol. The molecule has 1 fully saturated rings. The van der Waals surface area contributed by atoms with Crippen molar-refractivity contribution in [1.29, 1.82) is 0 Å². The van der Waals surface area contributed by atoms with E-state index in [0.29, 0.717) is 6.42 Å². The minimum Gasteiger partial charge on any atom is -0.496 e. The van der Waals surface area contributed by atoms with Gasteiger partial charge in [-0.3, -0.25) is 4.79 Å². The Labute approximate surface area is 159 Å². The molecule has 1 amide bonds. The molecule has 1 aromatic heterocycles. The molecule has 2 aromatic carbocycles. The highest BCUT2D eigenvalue weighted by molar-refractivity contribution is 5.79. The number of methoxy groups -OCH3 is 1. The normalized spacial score (nSPS) is 17.3. The largest absolute Gasteiger partial charge is 0.496 e. The molecule has 1 unspecified atom stereocenters. The highest BCUT2D eigenvalue weighted by atomic mass is 16.5. The number of aryl methyl sites for hydroxylation is 1. The SMILES string of the molecule is COc1cc(CC(=O)N2CCCC(c3nc4ccccc4[nH]3)C2)ccc1C. The standard InChI is InChI=1S/C22H25N3O2/c1-15-9-10-16(12-20(15)27-2)13-21(26)25-11-5-6-17(14-25)22-23-18-7-3-4-8-19(18)24-22/h3-4,7-10,12,17H,5-6,11,13-14H2,1-2H3,(H,23,24). The molecule has 0 spiro atoms. The number of hydrogen-bond donors (Lipinski definition) is 1. The van der Waals surface area contributed by atoms with Crippen LogP contribution in [0.2, 0.25) is 0 Å². The molecule has 0 saturated carbocycles. The predicted octanol–water partition coefficient (Wildman–Crippen LogP) is 3.83. The Morgan fingerprint density at radius 1 is 1.30 bits per heavy atom. The van der Waals surface area contributed by atoms with E-state index in [4.69, 9.17) is 9.72 Å². The molecule has 0 radical (unpaired) electrons. The van der Waals surface area contributed by atoms with E-state index < -0.39 is 0 Å². The molecule has 1 atom stereocenters. The van der Waals surface area contributed by atoms with Gasteiger partial charge in [-0.25, -0.2) is 4.98 Å². The number of aromatic nitrogens is 2. The second kappa shape index (κ2) is 7.43. The zero-order chi connectivity index (χ0) is 18.8. The van der Waals surface area contributed by atoms with Crippen LogP contribution in [0.3, 0.4) is 0 Å². The Hall–Kier alpha value is -2.82. The number of H-pyrrole nitrogens is 1. The molecular weight excluding hydrogens is 338 g/mol. The van der Waals surface area contributed by atoms with Gasteiger partial charge >= 0.3 is 0 Å². The summed E-state index contributed by atoms with van der Waals surface area (Å²) in [6.45, 7) is 3.55. The van der Waals surface area contributed by atoms with Crippen molar-refractivity contribution in [2.45, 2.75) is 32.1 Å². The molecular formula is C22H25N3O2. The van der Waals surface area contributed by atoms with Crippen LogP contribution in [-0.4, -0.2) is 41.0 Å². The number of para-hydroxylation sites is 2. The van der Waals surface area contributed by atoms with Crippen LogP contribution in [0.4, 0.5) is 0 Å². The summed E-state index contributed by atoms with van der Waals surface area (Å²) < 4.78 is 5.38. The minimum atomic E-state index is 0.168. The van der Waals surface area contributed by atoms with E-state index >= 15 is 0 Å². The van der Waals surface area contributed by atoms with E-state index in [1.165, 1.54) is 0 Å². The number of rotatable bonds is 4. The lowest BCUT2D eigenvalue weighted by molar-refractivity contribution is -0.131. The van der Waals surface area contributed by atoms with Gasteiger partial charge in [-0.1, -0.05) is 24.3 Å². The first kappa shape index (κ1) is 17.6. The first-order valence-corrected chi connectivity index (χ1v) is 9.50. The summed E-state index contributed by atoms with van der Waals surface area (Å²) in [6.07, 6.45) is 2.47. The number of hydrogen-bond acceptors (Lipinski definition) is 3. The number of carbonyl (C=O) groups is 1. The first-order valence-electron chi connectivity index (χ1n) is 9.50. The maximum absolute atomic E-state index is 12.9. The van der Waals surface area contributed by atoms with Gasteiger partial charge in [0, 0.05) is 19.0 Å². The molecule has 0 aliphatic carbocycles. The molecule has 0 bridgehead atoms. The van der Waals surface area contributed by atoms with E-state index in [1.807, 2.05) is 54.3 Å². The van der Waals surface area contributed by atoms with Gasteiger partial charge in [0.05, 0.1) is 24.6 Å². The van der Waals surface area contributed by atoms with Gasteiger partial charge in [-0.15, -0.1) is 0 Å². The molecule has 27 heavy (non-hydrogen) atoms. The zero-order valence-corrected chi connectivity index (χ0v) is 15.9.